The summed E-state index contributed by atoms with van der Waals surface area (Å²) in [6.45, 7) is 5.64. The van der Waals surface area contributed by atoms with Crippen molar-refractivity contribution in [1.82, 2.24) is 10.6 Å². The van der Waals surface area contributed by atoms with E-state index in [0.717, 1.165) is 0 Å². The Morgan fingerprint density at radius 3 is 2.81 bits per heavy atom. The number of hydrogen-bond donors (Lipinski definition) is 2. The molecule has 1 unspecified atom stereocenters. The summed E-state index contributed by atoms with van der Waals surface area (Å²) >= 11 is 0. The van der Waals surface area contributed by atoms with Crippen LogP contribution in [0.15, 0.2) is 36.9 Å². The van der Waals surface area contributed by atoms with Gasteiger partial charge in [0.2, 0.25) is 0 Å². The molecular weight excluding hydrogens is 285 g/mol. The summed E-state index contributed by atoms with van der Waals surface area (Å²) < 4.78 is 40.3. The highest BCUT2D eigenvalue weighted by atomic mass is 19.4. The third-order valence-corrected chi connectivity index (χ3v) is 2.57. The van der Waals surface area contributed by atoms with Crippen LogP contribution < -0.4 is 15.4 Å². The lowest BCUT2D eigenvalue weighted by Crippen LogP contribution is -2.37. The van der Waals surface area contributed by atoms with Gasteiger partial charge in [0.1, 0.15) is 5.75 Å². The summed E-state index contributed by atoms with van der Waals surface area (Å²) in [7, 11) is 0. The summed E-state index contributed by atoms with van der Waals surface area (Å²) in [5, 5.41) is 5.23. The van der Waals surface area contributed by atoms with Gasteiger partial charge < -0.3 is 15.4 Å². The van der Waals surface area contributed by atoms with Crippen molar-refractivity contribution in [2.45, 2.75) is 25.7 Å². The fraction of sp³-hybridized carbons (Fsp3) is 0.357. The number of nitrogens with one attached hydrogen (secondary N) is 2. The fourth-order valence-corrected chi connectivity index (χ4v) is 1.60. The van der Waals surface area contributed by atoms with Gasteiger partial charge in [-0.2, -0.15) is 0 Å². The molecule has 0 aliphatic heterocycles. The average molecular weight is 302 g/mol. The summed E-state index contributed by atoms with van der Waals surface area (Å²) in [5.41, 5.74) is 0.510. The summed E-state index contributed by atoms with van der Waals surface area (Å²) in [4.78, 5) is 11.5. The largest absolute Gasteiger partial charge is 0.573 e. The Balaban J connectivity index is 2.61. The molecule has 1 aromatic rings. The highest BCUT2D eigenvalue weighted by Gasteiger charge is 2.31. The molecule has 7 heteroatoms. The van der Waals surface area contributed by atoms with E-state index in [4.69, 9.17) is 0 Å². The van der Waals surface area contributed by atoms with E-state index in [2.05, 4.69) is 21.9 Å². The Bertz CT molecular complexity index is 489. The molecule has 21 heavy (non-hydrogen) atoms. The first-order valence-electron chi connectivity index (χ1n) is 6.33. The molecule has 1 atom stereocenters. The molecule has 0 aliphatic rings. The number of benzene rings is 1. The molecule has 116 valence electrons. The SMILES string of the molecule is C=CCCNC(=O)NC(C)c1cccc(OC(F)(F)F)c1. The zero-order valence-corrected chi connectivity index (χ0v) is 11.5. The molecule has 0 radical (unpaired) electrons. The number of rotatable bonds is 6. The quantitative estimate of drug-likeness (QED) is 0.624. The molecule has 0 fully saturated rings. The molecule has 0 spiro atoms. The predicted octanol–water partition coefficient (Wildman–Crippen LogP) is 3.52. The molecule has 0 saturated heterocycles. The predicted molar refractivity (Wildman–Crippen MR) is 72.9 cm³/mol. The molecule has 1 aromatic carbocycles. The van der Waals surface area contributed by atoms with Gasteiger partial charge in [-0.15, -0.1) is 19.8 Å². The lowest BCUT2D eigenvalue weighted by atomic mass is 10.1. The van der Waals surface area contributed by atoms with Gasteiger partial charge in [-0.05, 0) is 31.0 Å². The molecule has 4 nitrogen and oxygen atoms in total. The fourth-order valence-electron chi connectivity index (χ4n) is 1.60. The maximum absolute atomic E-state index is 12.1. The minimum Gasteiger partial charge on any atom is -0.406 e. The van der Waals surface area contributed by atoms with Crippen LogP contribution in [0.4, 0.5) is 18.0 Å². The van der Waals surface area contributed by atoms with E-state index >= 15 is 0 Å². The third-order valence-electron chi connectivity index (χ3n) is 2.57. The second-order valence-corrected chi connectivity index (χ2v) is 4.32. The molecule has 0 aromatic heterocycles. The van der Waals surface area contributed by atoms with E-state index in [1.165, 1.54) is 18.2 Å². The Labute approximate surface area is 121 Å². The smallest absolute Gasteiger partial charge is 0.406 e. The van der Waals surface area contributed by atoms with Crippen molar-refractivity contribution in [1.29, 1.82) is 0 Å². The van der Waals surface area contributed by atoms with E-state index in [0.29, 0.717) is 18.5 Å². The van der Waals surface area contributed by atoms with E-state index in [1.807, 2.05) is 0 Å². The van der Waals surface area contributed by atoms with E-state index < -0.39 is 18.4 Å². The number of amides is 2. The number of carbonyl (C=O) groups is 1. The average Bonchev–Trinajstić information content (AvgIpc) is 2.37. The second-order valence-electron chi connectivity index (χ2n) is 4.32. The van der Waals surface area contributed by atoms with Gasteiger partial charge in [0.25, 0.3) is 0 Å². The Hall–Kier alpha value is -2.18. The van der Waals surface area contributed by atoms with Crippen LogP contribution >= 0.6 is 0 Å². The van der Waals surface area contributed by atoms with Gasteiger partial charge in [0.05, 0.1) is 6.04 Å². The van der Waals surface area contributed by atoms with Crippen LogP contribution in [0.3, 0.4) is 0 Å². The first-order valence-corrected chi connectivity index (χ1v) is 6.33. The molecule has 0 aliphatic carbocycles. The zero-order valence-electron chi connectivity index (χ0n) is 11.5. The van der Waals surface area contributed by atoms with Crippen molar-refractivity contribution < 1.29 is 22.7 Å². The van der Waals surface area contributed by atoms with Crippen LogP contribution in [-0.4, -0.2) is 18.9 Å². The van der Waals surface area contributed by atoms with Crippen molar-refractivity contribution >= 4 is 6.03 Å². The van der Waals surface area contributed by atoms with E-state index in [9.17, 15) is 18.0 Å². The van der Waals surface area contributed by atoms with Gasteiger partial charge in [0, 0.05) is 6.54 Å². The minimum absolute atomic E-state index is 0.319. The van der Waals surface area contributed by atoms with Crippen molar-refractivity contribution in [3.63, 3.8) is 0 Å². The standard InChI is InChI=1S/C14H17F3N2O2/c1-3-4-8-18-13(20)19-10(2)11-6-5-7-12(9-11)21-14(15,16)17/h3,5-7,9-10H,1,4,8H2,2H3,(H2,18,19,20). The van der Waals surface area contributed by atoms with Crippen molar-refractivity contribution in [2.75, 3.05) is 6.54 Å². The van der Waals surface area contributed by atoms with Crippen LogP contribution in [0.2, 0.25) is 0 Å². The number of halogens is 3. The van der Waals surface area contributed by atoms with Crippen molar-refractivity contribution in [3.05, 3.63) is 42.5 Å². The first-order chi connectivity index (χ1) is 9.81. The molecule has 2 N–H and O–H groups in total. The lowest BCUT2D eigenvalue weighted by molar-refractivity contribution is -0.274. The first kappa shape index (κ1) is 16.9. The summed E-state index contributed by atoms with van der Waals surface area (Å²) in [5.74, 6) is -0.319. The van der Waals surface area contributed by atoms with Crippen molar-refractivity contribution in [3.8, 4) is 5.75 Å². The van der Waals surface area contributed by atoms with Gasteiger partial charge in [-0.1, -0.05) is 18.2 Å². The number of carbonyl (C=O) groups excluding carboxylic acids is 1. The van der Waals surface area contributed by atoms with Crippen LogP contribution in [0.5, 0.6) is 5.75 Å². The summed E-state index contributed by atoms with van der Waals surface area (Å²) in [6, 6.07) is 4.63. The highest BCUT2D eigenvalue weighted by molar-refractivity contribution is 5.74. The normalized spacial score (nSPS) is 12.4. The Morgan fingerprint density at radius 2 is 2.19 bits per heavy atom. The molecule has 0 saturated carbocycles. The maximum Gasteiger partial charge on any atom is 0.573 e. The van der Waals surface area contributed by atoms with Gasteiger partial charge in [0.15, 0.2) is 0 Å². The Morgan fingerprint density at radius 1 is 1.48 bits per heavy atom. The highest BCUT2D eigenvalue weighted by Crippen LogP contribution is 2.25. The van der Waals surface area contributed by atoms with Gasteiger partial charge in [-0.25, -0.2) is 4.79 Å². The number of hydrogen-bond acceptors (Lipinski definition) is 2. The molecule has 0 heterocycles. The van der Waals surface area contributed by atoms with Crippen LogP contribution in [0.1, 0.15) is 24.9 Å². The number of urea groups is 1. The monoisotopic (exact) mass is 302 g/mol. The van der Waals surface area contributed by atoms with Crippen molar-refractivity contribution in [2.24, 2.45) is 0 Å². The van der Waals surface area contributed by atoms with Crippen LogP contribution in [0, 0.1) is 0 Å². The minimum atomic E-state index is -4.74. The summed E-state index contributed by atoms with van der Waals surface area (Å²) in [6.07, 6.45) is -2.43. The van der Waals surface area contributed by atoms with Gasteiger partial charge in [-0.3, -0.25) is 0 Å². The Kier molecular flexibility index (Phi) is 6.08. The van der Waals surface area contributed by atoms with Gasteiger partial charge >= 0.3 is 12.4 Å². The number of alkyl halides is 3. The zero-order chi connectivity index (χ0) is 15.9. The third kappa shape index (κ3) is 6.69. The topological polar surface area (TPSA) is 50.4 Å². The molecule has 0 bridgehead atoms. The lowest BCUT2D eigenvalue weighted by Gasteiger charge is -2.16. The molecule has 2 amide bonds. The van der Waals surface area contributed by atoms with E-state index in [-0.39, 0.29) is 5.75 Å². The maximum atomic E-state index is 12.1. The van der Waals surface area contributed by atoms with Crippen LogP contribution in [-0.2, 0) is 0 Å². The van der Waals surface area contributed by atoms with E-state index in [1.54, 1.807) is 19.1 Å². The molecule has 1 rings (SSSR count). The number of ether oxygens (including phenoxy) is 1. The molecular formula is C14H17F3N2O2. The van der Waals surface area contributed by atoms with Crippen LogP contribution in [0.25, 0.3) is 0 Å². The second kappa shape index (κ2) is 7.56.